The SMILES string of the molecule is CC(=O)c1c([N+](=O)[O-])cc([N+](=O)[O-])cc1[N+](=O)[O-]. The van der Waals surface area contributed by atoms with Crippen molar-refractivity contribution in [3.8, 4) is 0 Å². The molecule has 0 aliphatic heterocycles. The fourth-order valence-electron chi connectivity index (χ4n) is 1.35. The van der Waals surface area contributed by atoms with Gasteiger partial charge in [0.1, 0.15) is 0 Å². The van der Waals surface area contributed by atoms with E-state index in [0.29, 0.717) is 12.1 Å². The lowest BCUT2D eigenvalue weighted by Crippen LogP contribution is -2.06. The minimum Gasteiger partial charge on any atom is -0.294 e. The fraction of sp³-hybridized carbons (Fsp3) is 0.125. The zero-order valence-electron chi connectivity index (χ0n) is 8.85. The third kappa shape index (κ3) is 2.26. The lowest BCUT2D eigenvalue weighted by molar-refractivity contribution is -0.403. The highest BCUT2D eigenvalue weighted by Gasteiger charge is 2.32. The van der Waals surface area contributed by atoms with Gasteiger partial charge in [-0.25, -0.2) is 0 Å². The van der Waals surface area contributed by atoms with E-state index >= 15 is 0 Å². The van der Waals surface area contributed by atoms with Gasteiger partial charge >= 0.3 is 0 Å². The lowest BCUT2D eigenvalue weighted by Gasteiger charge is -2.00. The molecule has 0 aliphatic rings. The number of hydrogen-bond donors (Lipinski definition) is 0. The van der Waals surface area contributed by atoms with Crippen LogP contribution in [0.1, 0.15) is 17.3 Å². The second-order valence-electron chi connectivity index (χ2n) is 3.19. The molecule has 0 N–H and O–H groups in total. The Morgan fingerprint density at radius 3 is 1.56 bits per heavy atom. The topological polar surface area (TPSA) is 146 Å². The average molecular weight is 255 g/mol. The van der Waals surface area contributed by atoms with E-state index in [0.717, 1.165) is 6.92 Å². The molecule has 18 heavy (non-hydrogen) atoms. The van der Waals surface area contributed by atoms with Crippen LogP contribution in [0.5, 0.6) is 0 Å². The molecule has 94 valence electrons. The summed E-state index contributed by atoms with van der Waals surface area (Å²) >= 11 is 0. The molecule has 0 spiro atoms. The van der Waals surface area contributed by atoms with E-state index in [-0.39, 0.29) is 0 Å². The maximum atomic E-state index is 11.2. The van der Waals surface area contributed by atoms with Gasteiger partial charge in [0.15, 0.2) is 11.3 Å². The number of Topliss-reactive ketones (excluding diaryl/α,β-unsaturated/α-hetero) is 1. The third-order valence-electron chi connectivity index (χ3n) is 2.04. The Hall–Kier alpha value is -2.91. The number of non-ortho nitro benzene ring substituents is 1. The molecule has 1 rings (SSSR count). The predicted molar refractivity (Wildman–Crippen MR) is 56.4 cm³/mol. The number of hydrogen-bond acceptors (Lipinski definition) is 7. The third-order valence-corrected chi connectivity index (χ3v) is 2.04. The summed E-state index contributed by atoms with van der Waals surface area (Å²) in [6.45, 7) is 0.904. The van der Waals surface area contributed by atoms with Crippen molar-refractivity contribution in [1.29, 1.82) is 0 Å². The molecule has 1 aromatic rings. The van der Waals surface area contributed by atoms with Crippen molar-refractivity contribution < 1.29 is 19.6 Å². The van der Waals surface area contributed by atoms with E-state index in [1.807, 2.05) is 0 Å². The molecule has 0 bridgehead atoms. The monoisotopic (exact) mass is 255 g/mol. The van der Waals surface area contributed by atoms with E-state index in [1.165, 1.54) is 0 Å². The summed E-state index contributed by atoms with van der Waals surface area (Å²) in [5, 5.41) is 31.9. The van der Waals surface area contributed by atoms with Crippen molar-refractivity contribution in [2.75, 3.05) is 0 Å². The highest BCUT2D eigenvalue weighted by Crippen LogP contribution is 2.33. The number of carbonyl (C=O) groups is 1. The summed E-state index contributed by atoms with van der Waals surface area (Å²) in [5.41, 5.74) is -3.49. The Labute approximate surface area is 98.3 Å². The summed E-state index contributed by atoms with van der Waals surface area (Å²) in [4.78, 5) is 39.9. The van der Waals surface area contributed by atoms with Crippen molar-refractivity contribution in [3.05, 3.63) is 48.0 Å². The molecule has 0 saturated heterocycles. The molecule has 10 heteroatoms. The Bertz CT molecular complexity index is 545. The molecule has 0 atom stereocenters. The van der Waals surface area contributed by atoms with Crippen LogP contribution in [-0.4, -0.2) is 20.6 Å². The van der Waals surface area contributed by atoms with E-state index in [1.54, 1.807) is 0 Å². The molecular weight excluding hydrogens is 250 g/mol. The lowest BCUT2D eigenvalue weighted by atomic mass is 10.1. The molecule has 0 amide bonds. The van der Waals surface area contributed by atoms with Crippen LogP contribution in [0.2, 0.25) is 0 Å². The molecule has 10 nitrogen and oxygen atoms in total. The predicted octanol–water partition coefficient (Wildman–Crippen LogP) is 1.61. The van der Waals surface area contributed by atoms with Crippen molar-refractivity contribution in [2.45, 2.75) is 6.92 Å². The summed E-state index contributed by atoms with van der Waals surface area (Å²) in [6.07, 6.45) is 0. The molecular formula is C8H5N3O7. The second-order valence-corrected chi connectivity index (χ2v) is 3.19. The van der Waals surface area contributed by atoms with Crippen LogP contribution in [-0.2, 0) is 0 Å². The van der Waals surface area contributed by atoms with Gasteiger partial charge in [-0.1, -0.05) is 0 Å². The van der Waals surface area contributed by atoms with E-state index in [2.05, 4.69) is 0 Å². The summed E-state index contributed by atoms with van der Waals surface area (Å²) in [5.74, 6) is -0.914. The molecule has 0 radical (unpaired) electrons. The zero-order chi connectivity index (χ0) is 14.0. The normalized spacial score (nSPS) is 9.83. The quantitative estimate of drug-likeness (QED) is 0.450. The van der Waals surface area contributed by atoms with Crippen molar-refractivity contribution in [3.63, 3.8) is 0 Å². The molecule has 0 aromatic heterocycles. The highest BCUT2D eigenvalue weighted by molar-refractivity contribution is 6.02. The number of benzene rings is 1. The Kier molecular flexibility index (Phi) is 3.31. The Morgan fingerprint density at radius 2 is 1.33 bits per heavy atom. The van der Waals surface area contributed by atoms with Crippen LogP contribution in [0, 0.1) is 30.3 Å². The number of nitro groups is 3. The Morgan fingerprint density at radius 1 is 0.944 bits per heavy atom. The van der Waals surface area contributed by atoms with Crippen LogP contribution < -0.4 is 0 Å². The van der Waals surface area contributed by atoms with Gasteiger partial charge in [-0.3, -0.25) is 35.1 Å². The standard InChI is InChI=1S/C8H5N3O7/c1-4(12)8-6(10(15)16)2-5(9(13)14)3-7(8)11(17)18/h2-3H,1H3. The fourth-order valence-corrected chi connectivity index (χ4v) is 1.35. The summed E-state index contributed by atoms with van der Waals surface area (Å²) < 4.78 is 0. The maximum absolute atomic E-state index is 11.2. The first kappa shape index (κ1) is 13.2. The van der Waals surface area contributed by atoms with Crippen LogP contribution in [0.4, 0.5) is 17.1 Å². The Balaban J connectivity index is 3.76. The highest BCUT2D eigenvalue weighted by atomic mass is 16.6. The van der Waals surface area contributed by atoms with Crippen LogP contribution in [0.15, 0.2) is 12.1 Å². The van der Waals surface area contributed by atoms with Gasteiger partial charge in [0, 0.05) is 0 Å². The van der Waals surface area contributed by atoms with Crippen molar-refractivity contribution in [1.82, 2.24) is 0 Å². The number of rotatable bonds is 4. The maximum Gasteiger partial charge on any atom is 0.294 e. The van der Waals surface area contributed by atoms with Gasteiger partial charge in [0.2, 0.25) is 0 Å². The van der Waals surface area contributed by atoms with Crippen LogP contribution >= 0.6 is 0 Å². The molecule has 0 fully saturated rings. The molecule has 0 heterocycles. The van der Waals surface area contributed by atoms with Gasteiger partial charge in [0.25, 0.3) is 17.1 Å². The van der Waals surface area contributed by atoms with Crippen molar-refractivity contribution in [2.24, 2.45) is 0 Å². The molecule has 0 aliphatic carbocycles. The molecule has 0 unspecified atom stereocenters. The smallest absolute Gasteiger partial charge is 0.294 e. The largest absolute Gasteiger partial charge is 0.294 e. The van der Waals surface area contributed by atoms with Gasteiger partial charge < -0.3 is 0 Å². The summed E-state index contributed by atoms with van der Waals surface area (Å²) in [7, 11) is 0. The summed E-state index contributed by atoms with van der Waals surface area (Å²) in [6, 6.07) is 1.04. The first-order valence-electron chi connectivity index (χ1n) is 4.38. The first-order valence-corrected chi connectivity index (χ1v) is 4.38. The average Bonchev–Trinajstić information content (AvgIpc) is 2.26. The minimum atomic E-state index is -1.07. The number of nitro benzene ring substituents is 3. The van der Waals surface area contributed by atoms with Gasteiger partial charge in [0.05, 0.1) is 26.9 Å². The molecule has 1 aromatic carbocycles. The minimum absolute atomic E-state index is 0.518. The van der Waals surface area contributed by atoms with E-state index in [9.17, 15) is 35.1 Å². The van der Waals surface area contributed by atoms with E-state index in [4.69, 9.17) is 0 Å². The van der Waals surface area contributed by atoms with Gasteiger partial charge in [-0.15, -0.1) is 0 Å². The van der Waals surface area contributed by atoms with Gasteiger partial charge in [-0.2, -0.15) is 0 Å². The number of nitrogens with zero attached hydrogens (tertiary/aromatic N) is 3. The second kappa shape index (κ2) is 4.53. The number of ketones is 1. The first-order chi connectivity index (χ1) is 8.25. The zero-order valence-corrected chi connectivity index (χ0v) is 8.85. The van der Waals surface area contributed by atoms with Crippen molar-refractivity contribution >= 4 is 22.8 Å². The van der Waals surface area contributed by atoms with Crippen LogP contribution in [0.25, 0.3) is 0 Å². The van der Waals surface area contributed by atoms with Gasteiger partial charge in [-0.05, 0) is 6.92 Å². The van der Waals surface area contributed by atoms with Crippen LogP contribution in [0.3, 0.4) is 0 Å². The van der Waals surface area contributed by atoms with E-state index < -0.39 is 43.2 Å². The number of carbonyl (C=O) groups excluding carboxylic acids is 1. The molecule has 0 saturated carbocycles.